The lowest BCUT2D eigenvalue weighted by Crippen LogP contribution is -2.62. The lowest BCUT2D eigenvalue weighted by atomic mass is 9.96. The highest BCUT2D eigenvalue weighted by molar-refractivity contribution is 7.98. The second-order valence-electron chi connectivity index (χ2n) is 23.2. The number of phenolic OH excluding ortho intramolecular Hbond substituents is 1. The van der Waals surface area contributed by atoms with E-state index in [2.05, 4.69) is 47.2 Å². The fourth-order valence-corrected chi connectivity index (χ4v) is 11.0. The van der Waals surface area contributed by atoms with E-state index in [9.17, 15) is 63.0 Å². The molecule has 14 N–H and O–H groups in total. The van der Waals surface area contributed by atoms with Gasteiger partial charge in [0, 0.05) is 37.8 Å². The summed E-state index contributed by atoms with van der Waals surface area (Å²) in [6.45, 7) is 10.7. The summed E-state index contributed by atoms with van der Waals surface area (Å²) in [6.07, 6.45) is 5.68. The molecule has 0 saturated carbocycles. The second-order valence-corrected chi connectivity index (χ2v) is 24.1. The van der Waals surface area contributed by atoms with Crippen molar-refractivity contribution in [3.8, 4) is 5.75 Å². The number of aliphatic carboxylic acids is 1. The highest BCUT2D eigenvalue weighted by Crippen LogP contribution is 2.25. The summed E-state index contributed by atoms with van der Waals surface area (Å²) in [4.78, 5) is 162. The lowest BCUT2D eigenvalue weighted by Gasteiger charge is -2.34. The Bertz CT molecular complexity index is 2840. The number of aromatic amines is 1. The topological polar surface area (TPSA) is 400 Å². The quantitative estimate of drug-likeness (QED) is 0.0390. The first kappa shape index (κ1) is 69.7. The molecule has 5 rings (SSSR count). The maximum absolute atomic E-state index is 14.7. The molecule has 11 atom stereocenters. The number of carboxylic acid groups (broad SMARTS) is 1. The molecule has 2 fully saturated rings. The zero-order chi connectivity index (χ0) is 64.1. The summed E-state index contributed by atoms with van der Waals surface area (Å²) in [7, 11) is 0. The van der Waals surface area contributed by atoms with Gasteiger partial charge in [-0.2, -0.15) is 11.8 Å². The molecule has 476 valence electrons. The van der Waals surface area contributed by atoms with Gasteiger partial charge in [-0.15, -0.1) is 0 Å². The van der Waals surface area contributed by atoms with Crippen LogP contribution in [0.1, 0.15) is 110 Å². The summed E-state index contributed by atoms with van der Waals surface area (Å²) in [6, 6.07) is 2.56. The monoisotopic (exact) mass is 1230 g/mol. The van der Waals surface area contributed by atoms with Crippen LogP contribution >= 0.6 is 11.8 Å². The van der Waals surface area contributed by atoms with Gasteiger partial charge in [-0.1, -0.05) is 90.4 Å². The number of thioether (sulfide) groups is 1. The number of rotatable bonds is 33. The molecule has 2 aliphatic rings. The molecule has 10 amide bonds. The van der Waals surface area contributed by atoms with Crippen molar-refractivity contribution in [1.82, 2.24) is 57.0 Å². The number of carbonyl (C=O) groups is 11. The zero-order valence-electron chi connectivity index (χ0n) is 50.5. The average Bonchev–Trinajstić information content (AvgIpc) is 4.06. The van der Waals surface area contributed by atoms with E-state index in [1.165, 1.54) is 46.2 Å². The van der Waals surface area contributed by atoms with Gasteiger partial charge in [0.2, 0.25) is 59.1 Å². The number of nitrogens with zero attached hydrogens (tertiary/aromatic N) is 3. The predicted octanol–water partition coefficient (Wildman–Crippen LogP) is 0.307. The van der Waals surface area contributed by atoms with Gasteiger partial charge in [0.1, 0.15) is 60.1 Å². The number of phenols is 1. The average molecular weight is 1230 g/mol. The third-order valence-corrected chi connectivity index (χ3v) is 16.2. The van der Waals surface area contributed by atoms with Crippen molar-refractivity contribution in [2.75, 3.05) is 25.1 Å². The molecule has 3 heterocycles. The van der Waals surface area contributed by atoms with Crippen molar-refractivity contribution >= 4 is 76.8 Å². The number of imidazole rings is 1. The minimum Gasteiger partial charge on any atom is -0.508 e. The molecule has 2 aliphatic heterocycles. The Morgan fingerprint density at radius 2 is 1.18 bits per heavy atom. The van der Waals surface area contributed by atoms with E-state index in [4.69, 9.17) is 11.5 Å². The van der Waals surface area contributed by atoms with Gasteiger partial charge in [0.25, 0.3) is 0 Å². The maximum Gasteiger partial charge on any atom is 0.326 e. The van der Waals surface area contributed by atoms with Crippen LogP contribution in [-0.4, -0.2) is 181 Å². The number of nitrogens with two attached hydrogens (primary N) is 2. The Morgan fingerprint density at radius 1 is 0.655 bits per heavy atom. The van der Waals surface area contributed by atoms with Crippen LogP contribution in [0.25, 0.3) is 0 Å². The van der Waals surface area contributed by atoms with Crippen molar-refractivity contribution in [3.05, 3.63) is 83.9 Å². The van der Waals surface area contributed by atoms with Crippen LogP contribution in [0.15, 0.2) is 67.1 Å². The molecule has 0 unspecified atom stereocenters. The Labute approximate surface area is 511 Å². The van der Waals surface area contributed by atoms with Gasteiger partial charge in [-0.3, -0.25) is 47.9 Å². The van der Waals surface area contributed by atoms with E-state index < -0.39 is 144 Å². The summed E-state index contributed by atoms with van der Waals surface area (Å²) >= 11 is 1.43. The number of nitrogens with one attached hydrogen (secondary N) is 8. The first-order valence-electron chi connectivity index (χ1n) is 29.6. The number of aromatic hydroxyl groups is 1. The minimum absolute atomic E-state index is 0.0285. The van der Waals surface area contributed by atoms with Crippen LogP contribution in [-0.2, 0) is 72.0 Å². The molecule has 3 aromatic rings. The van der Waals surface area contributed by atoms with Gasteiger partial charge in [-0.25, -0.2) is 9.78 Å². The van der Waals surface area contributed by atoms with Gasteiger partial charge in [-0.05, 0) is 98.0 Å². The van der Waals surface area contributed by atoms with E-state index in [-0.39, 0.29) is 69.7 Å². The third kappa shape index (κ3) is 20.8. The van der Waals surface area contributed by atoms with Gasteiger partial charge >= 0.3 is 5.97 Å². The number of primary amides is 1. The minimum atomic E-state index is -1.68. The van der Waals surface area contributed by atoms with E-state index in [0.29, 0.717) is 36.3 Å². The zero-order valence-corrected chi connectivity index (χ0v) is 51.4. The molecule has 0 aliphatic carbocycles. The van der Waals surface area contributed by atoms with Crippen molar-refractivity contribution in [2.45, 2.75) is 173 Å². The molecule has 27 heteroatoms. The summed E-state index contributed by atoms with van der Waals surface area (Å²) in [5.41, 5.74) is 13.6. The van der Waals surface area contributed by atoms with E-state index in [0.717, 1.165) is 5.56 Å². The molecule has 1 aromatic heterocycles. The largest absolute Gasteiger partial charge is 0.508 e. The molecule has 0 spiro atoms. The van der Waals surface area contributed by atoms with E-state index in [1.807, 2.05) is 43.5 Å². The Kier molecular flexibility index (Phi) is 27.0. The van der Waals surface area contributed by atoms with E-state index in [1.54, 1.807) is 46.8 Å². The molecule has 26 nitrogen and oxygen atoms in total. The van der Waals surface area contributed by atoms with Crippen molar-refractivity contribution in [2.24, 2.45) is 29.2 Å². The molecule has 87 heavy (non-hydrogen) atoms. The second kappa shape index (κ2) is 33.7. The first-order valence-corrected chi connectivity index (χ1v) is 31.0. The molecular formula is C60H87N13O13S. The number of amides is 10. The lowest BCUT2D eigenvalue weighted by molar-refractivity contribution is -0.146. The summed E-state index contributed by atoms with van der Waals surface area (Å²) in [5.74, 6) is -9.60. The Morgan fingerprint density at radius 3 is 1.72 bits per heavy atom. The molecule has 2 aromatic carbocycles. The predicted molar refractivity (Wildman–Crippen MR) is 323 cm³/mol. The number of H-pyrrole nitrogens is 1. The SMILES string of the molecule is CC[C@H](C)[C@H](NC(=O)[C@@H]1CCCN1C(=O)[C@@H](NC(=O)[C@H](CC(N)=O)NC(=O)[C@H](Cc1cnc[nH]1)NC(=O)[C@H](CCSC)NC(=O)[C@@H](N)Cc1ccccc1)C(C)C)C(=O)N1CCC[C@H]1C(=O)N[C@@H](Cc1ccc(O)cc1)C(=O)N[C@@H](CC(C)C)C(=O)O. The van der Waals surface area contributed by atoms with Crippen LogP contribution in [0.2, 0.25) is 0 Å². The highest BCUT2D eigenvalue weighted by atomic mass is 32.2. The van der Waals surface area contributed by atoms with Crippen LogP contribution in [0.4, 0.5) is 0 Å². The standard InChI is InChI=1S/C60H87N13O13S/c1-8-35(6)50(59(84)73-24-12-16-46(73)56(81)68-42(28-37-18-20-39(74)21-19-37)53(78)69-45(60(85)86)26-33(2)3)71-57(82)47-17-13-23-72(47)58(83)49(34(4)5)70-55(80)44(30-48(62)75)67-54(79)43(29-38-31-63-32-64-38)66-52(77)41(22-25-87-7)65-51(76)40(61)27-36-14-10-9-11-15-36/h9-11,14-15,18-21,31-35,40-47,49-50,74H,8,12-13,16-17,22-30,61H2,1-7H3,(H2,62,75)(H,63,64)(H,65,76)(H,66,77)(H,67,79)(H,68,81)(H,69,78)(H,70,80)(H,71,82)(H,85,86)/t35-,40-,41-,42-,43-,44-,45-,46-,47-,49-,50-/m0/s1. The number of hydrogen-bond donors (Lipinski definition) is 12. The van der Waals surface area contributed by atoms with Crippen molar-refractivity contribution in [3.63, 3.8) is 0 Å². The number of benzene rings is 2. The van der Waals surface area contributed by atoms with Crippen LogP contribution < -0.4 is 48.7 Å². The number of carboxylic acids is 1. The highest BCUT2D eigenvalue weighted by Gasteiger charge is 2.44. The van der Waals surface area contributed by atoms with Gasteiger partial charge in [0.05, 0.1) is 18.8 Å². The number of hydrogen-bond acceptors (Lipinski definition) is 15. The summed E-state index contributed by atoms with van der Waals surface area (Å²) in [5, 5.41) is 38.6. The number of likely N-dealkylation sites (tertiary alicyclic amines) is 2. The molecule has 2 saturated heterocycles. The van der Waals surface area contributed by atoms with E-state index >= 15 is 0 Å². The number of carbonyl (C=O) groups excluding carboxylic acids is 10. The van der Waals surface area contributed by atoms with Gasteiger partial charge in [0.15, 0.2) is 0 Å². The fraction of sp³-hybridized carbons (Fsp3) is 0.567. The molecular weight excluding hydrogens is 1140 g/mol. The number of aromatic nitrogens is 2. The van der Waals surface area contributed by atoms with Gasteiger partial charge < -0.3 is 73.7 Å². The van der Waals surface area contributed by atoms with Crippen LogP contribution in [0, 0.1) is 17.8 Å². The molecule has 0 radical (unpaired) electrons. The van der Waals surface area contributed by atoms with Crippen molar-refractivity contribution < 1.29 is 63.0 Å². The normalized spacial score (nSPS) is 18.0. The Balaban J connectivity index is 1.30. The molecule has 0 bridgehead atoms. The van der Waals surface area contributed by atoms with Crippen LogP contribution in [0.3, 0.4) is 0 Å². The smallest absolute Gasteiger partial charge is 0.326 e. The Hall–Kier alpha value is -8.07. The fourth-order valence-electron chi connectivity index (χ4n) is 10.5. The first-order chi connectivity index (χ1) is 41.3. The maximum atomic E-state index is 14.7. The van der Waals surface area contributed by atoms with Crippen LogP contribution in [0.5, 0.6) is 5.75 Å². The third-order valence-electron chi connectivity index (χ3n) is 15.5. The summed E-state index contributed by atoms with van der Waals surface area (Å²) < 4.78 is 0. The van der Waals surface area contributed by atoms with Crippen molar-refractivity contribution in [1.29, 1.82) is 0 Å².